The highest BCUT2D eigenvalue weighted by Gasteiger charge is 2.31. The molecule has 0 aromatic heterocycles. The number of rotatable bonds is 6. The van der Waals surface area contributed by atoms with Crippen molar-refractivity contribution in [2.24, 2.45) is 0 Å². The van der Waals surface area contributed by atoms with Crippen LogP contribution in [0.3, 0.4) is 0 Å². The number of alkyl halides is 1. The van der Waals surface area contributed by atoms with Gasteiger partial charge in [0.25, 0.3) is 10.0 Å². The maximum Gasteiger partial charge on any atom is 0.264 e. The zero-order valence-corrected chi connectivity index (χ0v) is 16.6. The van der Waals surface area contributed by atoms with Gasteiger partial charge in [-0.15, -0.1) is 0 Å². The van der Waals surface area contributed by atoms with E-state index in [1.54, 1.807) is 6.92 Å². The Kier molecular flexibility index (Phi) is 6.53. The molecule has 3 nitrogen and oxygen atoms in total. The molecule has 2 aromatic carbocycles. The number of halogens is 4. The second-order valence-corrected chi connectivity index (χ2v) is 8.66. The topological polar surface area (TPSA) is 37.4 Å². The van der Waals surface area contributed by atoms with E-state index in [9.17, 15) is 12.8 Å². The third-order valence-corrected chi connectivity index (χ3v) is 6.33. The van der Waals surface area contributed by atoms with Gasteiger partial charge in [0.15, 0.2) is 0 Å². The normalized spacial score (nSPS) is 12.9. The summed E-state index contributed by atoms with van der Waals surface area (Å²) in [7, 11) is -3.98. The lowest BCUT2D eigenvalue weighted by molar-refractivity contribution is 0.569. The molecule has 1 atom stereocenters. The van der Waals surface area contributed by atoms with E-state index in [4.69, 9.17) is 23.2 Å². The quantitative estimate of drug-likeness (QED) is 0.540. The smallest absolute Gasteiger partial charge is 0.261 e. The summed E-state index contributed by atoms with van der Waals surface area (Å²) >= 11 is 15.1. The monoisotopic (exact) mass is 453 g/mol. The van der Waals surface area contributed by atoms with Crippen LogP contribution in [-0.2, 0) is 10.0 Å². The van der Waals surface area contributed by atoms with Crippen molar-refractivity contribution in [2.75, 3.05) is 9.64 Å². The van der Waals surface area contributed by atoms with Gasteiger partial charge in [0.2, 0.25) is 0 Å². The Labute approximate surface area is 159 Å². The molecule has 0 aliphatic rings. The summed E-state index contributed by atoms with van der Waals surface area (Å²) in [5, 5.41) is 1.25. The molecule has 24 heavy (non-hydrogen) atoms. The molecule has 2 aromatic rings. The number of anilines is 1. The van der Waals surface area contributed by atoms with Gasteiger partial charge >= 0.3 is 0 Å². The molecular formula is C16H15BrCl2FNO2S. The van der Waals surface area contributed by atoms with Gasteiger partial charge < -0.3 is 0 Å². The maximum atomic E-state index is 14.3. The maximum absolute atomic E-state index is 14.3. The Bertz CT molecular complexity index is 815. The van der Waals surface area contributed by atoms with Crippen LogP contribution in [0.2, 0.25) is 10.0 Å². The van der Waals surface area contributed by atoms with Crippen molar-refractivity contribution in [1.82, 2.24) is 0 Å². The van der Waals surface area contributed by atoms with Crippen molar-refractivity contribution < 1.29 is 12.8 Å². The number of nitrogens with zero attached hydrogens (tertiary/aromatic N) is 1. The average molecular weight is 455 g/mol. The van der Waals surface area contributed by atoms with E-state index in [0.29, 0.717) is 16.8 Å². The van der Waals surface area contributed by atoms with Crippen LogP contribution in [0.5, 0.6) is 0 Å². The Morgan fingerprint density at radius 2 is 1.71 bits per heavy atom. The summed E-state index contributed by atoms with van der Waals surface area (Å²) in [6, 6.07) is 9.13. The van der Waals surface area contributed by atoms with Gasteiger partial charge in [-0.05, 0) is 55.8 Å². The zero-order chi connectivity index (χ0) is 17.9. The van der Waals surface area contributed by atoms with Gasteiger partial charge in [0.05, 0.1) is 10.6 Å². The van der Waals surface area contributed by atoms with Gasteiger partial charge in [-0.25, -0.2) is 12.8 Å². The SMILES string of the molecule is CC(CCBr)N(c1cc(Cl)ccc1F)S(=O)(=O)c1ccc(Cl)cc1. The van der Waals surface area contributed by atoms with Crippen LogP contribution < -0.4 is 4.31 Å². The van der Waals surface area contributed by atoms with Crippen LogP contribution in [0.4, 0.5) is 10.1 Å². The summed E-state index contributed by atoms with van der Waals surface area (Å²) < 4.78 is 41.6. The van der Waals surface area contributed by atoms with E-state index in [-0.39, 0.29) is 15.6 Å². The first kappa shape index (κ1) is 19.5. The largest absolute Gasteiger partial charge is 0.264 e. The first-order chi connectivity index (χ1) is 11.3. The molecule has 0 radical (unpaired) electrons. The first-order valence-corrected chi connectivity index (χ1v) is 10.4. The Balaban J connectivity index is 2.61. The Morgan fingerprint density at radius 3 is 2.29 bits per heavy atom. The molecule has 0 aliphatic carbocycles. The van der Waals surface area contributed by atoms with Gasteiger partial charge in [0, 0.05) is 21.4 Å². The van der Waals surface area contributed by atoms with Crippen LogP contribution >= 0.6 is 39.1 Å². The van der Waals surface area contributed by atoms with E-state index >= 15 is 0 Å². The fourth-order valence-electron chi connectivity index (χ4n) is 2.25. The van der Waals surface area contributed by atoms with Crippen LogP contribution in [0, 0.1) is 5.82 Å². The summed E-state index contributed by atoms with van der Waals surface area (Å²) in [5.74, 6) is -0.654. The van der Waals surface area contributed by atoms with Crippen LogP contribution in [0.15, 0.2) is 47.4 Å². The standard InChI is InChI=1S/C16H15BrCl2FNO2S/c1-11(8-9-17)21(16-10-13(19)4-7-15(16)20)24(22,23)14-5-2-12(18)3-6-14/h2-7,10-11H,8-9H2,1H3. The minimum absolute atomic E-state index is 0.0349. The molecule has 0 saturated heterocycles. The molecule has 2 rings (SSSR count). The van der Waals surface area contributed by atoms with Crippen molar-refractivity contribution in [1.29, 1.82) is 0 Å². The molecule has 0 N–H and O–H groups in total. The Hall–Kier alpha value is -0.820. The van der Waals surface area contributed by atoms with Crippen molar-refractivity contribution in [3.8, 4) is 0 Å². The second kappa shape index (κ2) is 8.04. The molecule has 0 aliphatic heterocycles. The molecule has 0 amide bonds. The minimum atomic E-state index is -3.98. The minimum Gasteiger partial charge on any atom is -0.261 e. The van der Waals surface area contributed by atoms with Crippen LogP contribution in [0.25, 0.3) is 0 Å². The van der Waals surface area contributed by atoms with Gasteiger partial charge in [-0.3, -0.25) is 4.31 Å². The second-order valence-electron chi connectivity index (χ2n) is 5.18. The van der Waals surface area contributed by atoms with Crippen molar-refractivity contribution in [3.05, 3.63) is 58.3 Å². The molecular weight excluding hydrogens is 440 g/mol. The van der Waals surface area contributed by atoms with Crippen molar-refractivity contribution in [3.63, 3.8) is 0 Å². The van der Waals surface area contributed by atoms with Crippen LogP contribution in [-0.4, -0.2) is 19.8 Å². The van der Waals surface area contributed by atoms with Gasteiger partial charge in [-0.2, -0.15) is 0 Å². The van der Waals surface area contributed by atoms with Crippen molar-refractivity contribution in [2.45, 2.75) is 24.3 Å². The summed E-state index contributed by atoms with van der Waals surface area (Å²) in [6.45, 7) is 1.72. The van der Waals surface area contributed by atoms with E-state index in [1.165, 1.54) is 36.4 Å². The van der Waals surface area contributed by atoms with Gasteiger partial charge in [0.1, 0.15) is 5.82 Å². The lowest BCUT2D eigenvalue weighted by Gasteiger charge is -2.30. The molecule has 130 valence electrons. The lowest BCUT2D eigenvalue weighted by atomic mass is 10.2. The fraction of sp³-hybridized carbons (Fsp3) is 0.250. The third-order valence-electron chi connectivity index (χ3n) is 3.44. The van der Waals surface area contributed by atoms with Gasteiger partial charge in [-0.1, -0.05) is 39.1 Å². The molecule has 0 saturated carbocycles. The van der Waals surface area contributed by atoms with E-state index in [1.807, 2.05) is 0 Å². The predicted octanol–water partition coefficient (Wildman–Crippen LogP) is 5.50. The summed E-state index contributed by atoms with van der Waals surface area (Å²) in [6.07, 6.45) is 0.499. The zero-order valence-electron chi connectivity index (χ0n) is 12.7. The first-order valence-electron chi connectivity index (χ1n) is 7.08. The van der Waals surface area contributed by atoms with E-state index in [2.05, 4.69) is 15.9 Å². The highest BCUT2D eigenvalue weighted by Crippen LogP contribution is 2.32. The predicted molar refractivity (Wildman–Crippen MR) is 100 cm³/mol. The molecule has 0 bridgehead atoms. The number of sulfonamides is 1. The van der Waals surface area contributed by atoms with E-state index in [0.717, 1.165) is 10.4 Å². The molecule has 8 heteroatoms. The Morgan fingerprint density at radius 1 is 1.12 bits per heavy atom. The van der Waals surface area contributed by atoms with Crippen LogP contribution in [0.1, 0.15) is 13.3 Å². The van der Waals surface area contributed by atoms with E-state index < -0.39 is 21.9 Å². The highest BCUT2D eigenvalue weighted by atomic mass is 79.9. The van der Waals surface area contributed by atoms with Crippen molar-refractivity contribution >= 4 is 54.8 Å². The molecule has 0 heterocycles. The molecule has 0 fully saturated rings. The third kappa shape index (κ3) is 4.23. The lowest BCUT2D eigenvalue weighted by Crippen LogP contribution is -2.39. The summed E-state index contributed by atoms with van der Waals surface area (Å²) in [5.41, 5.74) is -0.0779. The number of benzene rings is 2. The summed E-state index contributed by atoms with van der Waals surface area (Å²) in [4.78, 5) is 0.0349. The fourth-order valence-corrected chi connectivity index (χ4v) is 4.89. The number of hydrogen-bond donors (Lipinski definition) is 0. The molecule has 1 unspecified atom stereocenters. The average Bonchev–Trinajstić information content (AvgIpc) is 2.51. The molecule has 0 spiro atoms. The highest BCUT2D eigenvalue weighted by molar-refractivity contribution is 9.09. The number of hydrogen-bond acceptors (Lipinski definition) is 2.